The van der Waals surface area contributed by atoms with Crippen LogP contribution in [-0.2, 0) is 6.54 Å². The summed E-state index contributed by atoms with van der Waals surface area (Å²) in [6.45, 7) is 2.40. The molecule has 3 rings (SSSR count). The summed E-state index contributed by atoms with van der Waals surface area (Å²) in [4.78, 5) is 9.77. The number of rotatable bonds is 3. The second kappa shape index (κ2) is 4.19. The SMILES string of the molecule is Cc1nc(CN)sc1-c1nc(C2CCC2)no1. The lowest BCUT2D eigenvalue weighted by molar-refractivity contribution is 0.366. The first-order chi connectivity index (χ1) is 8.28. The zero-order chi connectivity index (χ0) is 11.8. The molecule has 0 atom stereocenters. The molecule has 1 aliphatic carbocycles. The van der Waals surface area contributed by atoms with Crippen LogP contribution in [0.1, 0.15) is 41.7 Å². The van der Waals surface area contributed by atoms with E-state index in [9.17, 15) is 0 Å². The summed E-state index contributed by atoms with van der Waals surface area (Å²) >= 11 is 1.53. The molecule has 0 amide bonds. The first-order valence-corrected chi connectivity index (χ1v) is 6.60. The normalized spacial score (nSPS) is 16.1. The van der Waals surface area contributed by atoms with Crippen LogP contribution in [-0.4, -0.2) is 15.1 Å². The zero-order valence-corrected chi connectivity index (χ0v) is 10.5. The Bertz CT molecular complexity index is 529. The monoisotopic (exact) mass is 250 g/mol. The van der Waals surface area contributed by atoms with Crippen LogP contribution in [0.2, 0.25) is 0 Å². The molecule has 0 radical (unpaired) electrons. The Morgan fingerprint density at radius 2 is 2.24 bits per heavy atom. The van der Waals surface area contributed by atoms with Crippen molar-refractivity contribution in [2.45, 2.75) is 38.6 Å². The maximum atomic E-state index is 5.58. The molecule has 1 aliphatic rings. The van der Waals surface area contributed by atoms with Gasteiger partial charge >= 0.3 is 0 Å². The van der Waals surface area contributed by atoms with Crippen LogP contribution < -0.4 is 5.73 Å². The van der Waals surface area contributed by atoms with Crippen LogP contribution in [0.3, 0.4) is 0 Å². The lowest BCUT2D eigenvalue weighted by Crippen LogP contribution is -2.10. The molecule has 17 heavy (non-hydrogen) atoms. The molecular weight excluding hydrogens is 236 g/mol. The van der Waals surface area contributed by atoms with Gasteiger partial charge in [0.05, 0.1) is 5.69 Å². The first kappa shape index (κ1) is 10.9. The van der Waals surface area contributed by atoms with Gasteiger partial charge in [-0.05, 0) is 19.8 Å². The largest absolute Gasteiger partial charge is 0.333 e. The third-order valence-corrected chi connectivity index (χ3v) is 4.29. The second-order valence-electron chi connectivity index (χ2n) is 4.31. The van der Waals surface area contributed by atoms with E-state index in [0.717, 1.165) is 21.4 Å². The summed E-state index contributed by atoms with van der Waals surface area (Å²) in [5, 5.41) is 4.96. The molecule has 2 heterocycles. The number of nitrogens with two attached hydrogens (primary N) is 1. The molecule has 90 valence electrons. The quantitative estimate of drug-likeness (QED) is 0.903. The van der Waals surface area contributed by atoms with Gasteiger partial charge < -0.3 is 10.3 Å². The molecular formula is C11H14N4OS. The Hall–Kier alpha value is -1.27. The van der Waals surface area contributed by atoms with E-state index in [1.807, 2.05) is 6.92 Å². The molecule has 0 aliphatic heterocycles. The standard InChI is InChI=1S/C11H14N4OS/c1-6-9(17-8(5-12)13-6)11-14-10(15-16-11)7-3-2-4-7/h7H,2-5,12H2,1H3. The number of aryl methyl sites for hydroxylation is 1. The van der Waals surface area contributed by atoms with Crippen LogP contribution in [0.25, 0.3) is 10.8 Å². The van der Waals surface area contributed by atoms with Crippen molar-refractivity contribution in [1.82, 2.24) is 15.1 Å². The van der Waals surface area contributed by atoms with Gasteiger partial charge in [0.1, 0.15) is 9.88 Å². The summed E-state index contributed by atoms with van der Waals surface area (Å²) in [7, 11) is 0. The van der Waals surface area contributed by atoms with Crippen molar-refractivity contribution in [2.75, 3.05) is 0 Å². The molecule has 1 saturated carbocycles. The van der Waals surface area contributed by atoms with E-state index < -0.39 is 0 Å². The molecule has 0 bridgehead atoms. The van der Waals surface area contributed by atoms with E-state index in [1.54, 1.807) is 0 Å². The van der Waals surface area contributed by atoms with Crippen LogP contribution in [0, 0.1) is 6.92 Å². The second-order valence-corrected chi connectivity index (χ2v) is 5.40. The lowest BCUT2D eigenvalue weighted by atomic mass is 9.85. The van der Waals surface area contributed by atoms with Gasteiger partial charge in [0.2, 0.25) is 0 Å². The molecule has 1 fully saturated rings. The highest BCUT2D eigenvalue weighted by atomic mass is 32.1. The molecule has 0 saturated heterocycles. The number of hydrogen-bond donors (Lipinski definition) is 1. The molecule has 2 aromatic rings. The van der Waals surface area contributed by atoms with Gasteiger partial charge in [0.25, 0.3) is 5.89 Å². The van der Waals surface area contributed by atoms with Crippen LogP contribution in [0.15, 0.2) is 4.52 Å². The van der Waals surface area contributed by atoms with Gasteiger partial charge in [0.15, 0.2) is 5.82 Å². The van der Waals surface area contributed by atoms with E-state index in [1.165, 1.54) is 30.6 Å². The Morgan fingerprint density at radius 1 is 1.41 bits per heavy atom. The summed E-state index contributed by atoms with van der Waals surface area (Å²) < 4.78 is 5.31. The summed E-state index contributed by atoms with van der Waals surface area (Å²) in [5.74, 6) is 1.92. The minimum atomic E-state index is 0.453. The first-order valence-electron chi connectivity index (χ1n) is 5.78. The van der Waals surface area contributed by atoms with Crippen molar-refractivity contribution in [3.05, 3.63) is 16.5 Å². The lowest BCUT2D eigenvalue weighted by Gasteiger charge is -2.20. The van der Waals surface area contributed by atoms with E-state index >= 15 is 0 Å². The minimum absolute atomic E-state index is 0.453. The number of thiazole rings is 1. The van der Waals surface area contributed by atoms with Crippen molar-refractivity contribution < 1.29 is 4.52 Å². The van der Waals surface area contributed by atoms with E-state index in [-0.39, 0.29) is 0 Å². The fourth-order valence-electron chi connectivity index (χ4n) is 1.90. The Kier molecular flexibility index (Phi) is 2.68. The molecule has 2 aromatic heterocycles. The molecule has 5 nitrogen and oxygen atoms in total. The Labute approximate surface area is 103 Å². The van der Waals surface area contributed by atoms with Gasteiger partial charge in [-0.15, -0.1) is 11.3 Å². The van der Waals surface area contributed by atoms with Crippen molar-refractivity contribution in [2.24, 2.45) is 5.73 Å². The summed E-state index contributed by atoms with van der Waals surface area (Å²) in [6, 6.07) is 0. The van der Waals surface area contributed by atoms with E-state index in [2.05, 4.69) is 15.1 Å². The topological polar surface area (TPSA) is 77.8 Å². The predicted octanol–water partition coefficient (Wildman–Crippen LogP) is 2.23. The van der Waals surface area contributed by atoms with Gasteiger partial charge in [-0.2, -0.15) is 4.98 Å². The number of nitrogens with zero attached hydrogens (tertiary/aromatic N) is 3. The maximum Gasteiger partial charge on any atom is 0.269 e. The molecule has 0 spiro atoms. The molecule has 2 N–H and O–H groups in total. The number of hydrogen-bond acceptors (Lipinski definition) is 6. The average molecular weight is 250 g/mol. The molecule has 6 heteroatoms. The summed E-state index contributed by atoms with van der Waals surface area (Å²) in [5.41, 5.74) is 6.49. The highest BCUT2D eigenvalue weighted by Gasteiger charge is 2.25. The minimum Gasteiger partial charge on any atom is -0.333 e. The van der Waals surface area contributed by atoms with Crippen molar-refractivity contribution >= 4 is 11.3 Å². The van der Waals surface area contributed by atoms with E-state index in [4.69, 9.17) is 10.3 Å². The van der Waals surface area contributed by atoms with Crippen LogP contribution in [0.5, 0.6) is 0 Å². The van der Waals surface area contributed by atoms with Gasteiger partial charge in [-0.3, -0.25) is 0 Å². The van der Waals surface area contributed by atoms with Crippen LogP contribution in [0.4, 0.5) is 0 Å². The van der Waals surface area contributed by atoms with Gasteiger partial charge in [0, 0.05) is 12.5 Å². The van der Waals surface area contributed by atoms with E-state index in [0.29, 0.717) is 18.4 Å². The smallest absolute Gasteiger partial charge is 0.269 e. The predicted molar refractivity (Wildman–Crippen MR) is 64.6 cm³/mol. The highest BCUT2D eigenvalue weighted by molar-refractivity contribution is 7.15. The van der Waals surface area contributed by atoms with Gasteiger partial charge in [-0.1, -0.05) is 11.6 Å². The summed E-state index contributed by atoms with van der Waals surface area (Å²) in [6.07, 6.45) is 3.62. The van der Waals surface area contributed by atoms with Crippen molar-refractivity contribution in [1.29, 1.82) is 0 Å². The fourth-order valence-corrected chi connectivity index (χ4v) is 2.76. The zero-order valence-electron chi connectivity index (χ0n) is 9.64. The van der Waals surface area contributed by atoms with Gasteiger partial charge in [-0.25, -0.2) is 4.98 Å². The number of aromatic nitrogens is 3. The van der Waals surface area contributed by atoms with Crippen molar-refractivity contribution in [3.8, 4) is 10.8 Å². The highest BCUT2D eigenvalue weighted by Crippen LogP contribution is 2.36. The Morgan fingerprint density at radius 3 is 2.82 bits per heavy atom. The third-order valence-electron chi connectivity index (χ3n) is 3.12. The van der Waals surface area contributed by atoms with Crippen LogP contribution >= 0.6 is 11.3 Å². The van der Waals surface area contributed by atoms with Crippen molar-refractivity contribution in [3.63, 3.8) is 0 Å². The third kappa shape index (κ3) is 1.87. The fraction of sp³-hybridized carbons (Fsp3) is 0.545. The average Bonchev–Trinajstić information content (AvgIpc) is 2.82. The molecule has 0 aromatic carbocycles. The Balaban J connectivity index is 1.91. The maximum absolute atomic E-state index is 5.58. The molecule has 0 unspecified atom stereocenters.